The van der Waals surface area contributed by atoms with Crippen LogP contribution in [0.3, 0.4) is 0 Å². The van der Waals surface area contributed by atoms with E-state index in [1.165, 1.54) is 0 Å². The van der Waals surface area contributed by atoms with Gasteiger partial charge in [-0.15, -0.1) is 0 Å². The van der Waals surface area contributed by atoms with Crippen molar-refractivity contribution < 1.29 is 18.7 Å². The number of furan rings is 1. The summed E-state index contributed by atoms with van der Waals surface area (Å²) in [5.74, 6) is 0.891. The number of benzene rings is 3. The zero-order valence-electron chi connectivity index (χ0n) is 18.5. The molecule has 34 heavy (non-hydrogen) atoms. The summed E-state index contributed by atoms with van der Waals surface area (Å²) in [6, 6.07) is 27.7. The van der Waals surface area contributed by atoms with Gasteiger partial charge in [0.15, 0.2) is 0 Å². The highest BCUT2D eigenvalue weighted by atomic mass is 16.5. The SMILES string of the molecule is O=C(CNc1cccc(OCc2ccccc2)c1)Nc1cccc(C(=O)NCc2ccco2)c1. The first kappa shape index (κ1) is 22.7. The molecule has 0 spiro atoms. The van der Waals surface area contributed by atoms with E-state index in [0.717, 1.165) is 11.3 Å². The van der Waals surface area contributed by atoms with Gasteiger partial charge in [-0.3, -0.25) is 9.59 Å². The maximum absolute atomic E-state index is 12.4. The van der Waals surface area contributed by atoms with Crippen LogP contribution in [-0.2, 0) is 17.9 Å². The topological polar surface area (TPSA) is 92.6 Å². The van der Waals surface area contributed by atoms with Crippen LogP contribution in [0.1, 0.15) is 21.7 Å². The molecule has 0 unspecified atom stereocenters. The highest BCUT2D eigenvalue weighted by molar-refractivity contribution is 5.98. The Labute approximate surface area is 197 Å². The average molecular weight is 456 g/mol. The Kier molecular flexibility index (Phi) is 7.58. The van der Waals surface area contributed by atoms with Crippen molar-refractivity contribution in [2.75, 3.05) is 17.2 Å². The van der Waals surface area contributed by atoms with Crippen molar-refractivity contribution >= 4 is 23.2 Å². The lowest BCUT2D eigenvalue weighted by Gasteiger charge is -2.11. The van der Waals surface area contributed by atoms with Gasteiger partial charge in [0, 0.05) is 23.0 Å². The Hall–Kier alpha value is -4.52. The van der Waals surface area contributed by atoms with Crippen molar-refractivity contribution in [1.29, 1.82) is 0 Å². The fraction of sp³-hybridized carbons (Fsp3) is 0.111. The van der Waals surface area contributed by atoms with Gasteiger partial charge in [0.25, 0.3) is 5.91 Å². The smallest absolute Gasteiger partial charge is 0.251 e. The van der Waals surface area contributed by atoms with E-state index in [0.29, 0.717) is 35.9 Å². The molecular weight excluding hydrogens is 430 g/mol. The molecule has 2 amide bonds. The van der Waals surface area contributed by atoms with E-state index >= 15 is 0 Å². The zero-order chi connectivity index (χ0) is 23.6. The summed E-state index contributed by atoms with van der Waals surface area (Å²) in [5, 5.41) is 8.69. The maximum Gasteiger partial charge on any atom is 0.251 e. The van der Waals surface area contributed by atoms with E-state index in [1.54, 1.807) is 42.7 Å². The van der Waals surface area contributed by atoms with Crippen molar-refractivity contribution in [3.8, 4) is 5.75 Å². The number of amides is 2. The third kappa shape index (κ3) is 6.74. The second kappa shape index (κ2) is 11.4. The normalized spacial score (nSPS) is 10.4. The summed E-state index contributed by atoms with van der Waals surface area (Å²) < 4.78 is 11.0. The van der Waals surface area contributed by atoms with E-state index in [1.807, 2.05) is 54.6 Å². The van der Waals surface area contributed by atoms with E-state index in [2.05, 4.69) is 16.0 Å². The second-order valence-corrected chi connectivity index (χ2v) is 7.55. The Morgan fingerprint density at radius 3 is 2.47 bits per heavy atom. The predicted octanol–water partition coefficient (Wildman–Crippen LogP) is 4.84. The third-order valence-corrected chi connectivity index (χ3v) is 4.95. The molecule has 0 bridgehead atoms. The summed E-state index contributed by atoms with van der Waals surface area (Å²) in [7, 11) is 0. The van der Waals surface area contributed by atoms with Crippen LogP contribution in [0.2, 0.25) is 0 Å². The molecule has 4 rings (SSSR count). The minimum Gasteiger partial charge on any atom is -0.489 e. The number of hydrogen-bond acceptors (Lipinski definition) is 5. The van der Waals surface area contributed by atoms with Crippen LogP contribution in [0.15, 0.2) is 102 Å². The summed E-state index contributed by atoms with van der Waals surface area (Å²) in [6.07, 6.45) is 1.56. The molecule has 0 saturated heterocycles. The van der Waals surface area contributed by atoms with Gasteiger partial charge >= 0.3 is 0 Å². The molecule has 7 nitrogen and oxygen atoms in total. The van der Waals surface area contributed by atoms with Crippen LogP contribution in [0.5, 0.6) is 5.75 Å². The number of anilines is 2. The number of carbonyl (C=O) groups excluding carboxylic acids is 2. The van der Waals surface area contributed by atoms with Crippen LogP contribution < -0.4 is 20.7 Å². The van der Waals surface area contributed by atoms with Crippen LogP contribution >= 0.6 is 0 Å². The summed E-state index contributed by atoms with van der Waals surface area (Å²) >= 11 is 0. The van der Waals surface area contributed by atoms with Gasteiger partial charge in [-0.05, 0) is 48.0 Å². The lowest BCUT2D eigenvalue weighted by Crippen LogP contribution is -2.24. The third-order valence-electron chi connectivity index (χ3n) is 4.95. The van der Waals surface area contributed by atoms with Crippen LogP contribution in [-0.4, -0.2) is 18.4 Å². The molecule has 1 heterocycles. The van der Waals surface area contributed by atoms with Gasteiger partial charge in [0.1, 0.15) is 18.1 Å². The lowest BCUT2D eigenvalue weighted by atomic mass is 10.2. The molecule has 3 aromatic carbocycles. The van der Waals surface area contributed by atoms with Gasteiger partial charge in [-0.1, -0.05) is 42.5 Å². The largest absolute Gasteiger partial charge is 0.489 e. The quantitative estimate of drug-likeness (QED) is 0.318. The summed E-state index contributed by atoms with van der Waals surface area (Å²) in [6.45, 7) is 0.827. The van der Waals surface area contributed by atoms with E-state index < -0.39 is 0 Å². The standard InChI is InChI=1S/C27H25N3O4/c31-26(18-28-22-10-5-12-24(16-22)34-19-20-7-2-1-3-8-20)30-23-11-4-9-21(15-23)27(32)29-17-25-13-6-14-33-25/h1-16,28H,17-19H2,(H,29,32)(H,30,31). The van der Waals surface area contributed by atoms with Crippen molar-refractivity contribution in [3.05, 3.63) is 114 Å². The minimum absolute atomic E-state index is 0.0665. The van der Waals surface area contributed by atoms with Crippen molar-refractivity contribution in [2.45, 2.75) is 13.2 Å². The van der Waals surface area contributed by atoms with E-state index in [9.17, 15) is 9.59 Å². The highest BCUT2D eigenvalue weighted by Gasteiger charge is 2.09. The Morgan fingerprint density at radius 2 is 1.65 bits per heavy atom. The first-order valence-corrected chi connectivity index (χ1v) is 10.9. The molecule has 0 atom stereocenters. The highest BCUT2D eigenvalue weighted by Crippen LogP contribution is 2.19. The Morgan fingerprint density at radius 1 is 0.824 bits per heavy atom. The van der Waals surface area contributed by atoms with Crippen molar-refractivity contribution in [1.82, 2.24) is 5.32 Å². The van der Waals surface area contributed by atoms with Crippen molar-refractivity contribution in [3.63, 3.8) is 0 Å². The lowest BCUT2D eigenvalue weighted by molar-refractivity contribution is -0.114. The predicted molar refractivity (Wildman–Crippen MR) is 131 cm³/mol. The number of hydrogen-bond donors (Lipinski definition) is 3. The molecule has 0 aliphatic rings. The van der Waals surface area contributed by atoms with E-state index in [4.69, 9.17) is 9.15 Å². The fourth-order valence-electron chi connectivity index (χ4n) is 3.25. The molecule has 3 N–H and O–H groups in total. The van der Waals surface area contributed by atoms with Gasteiger partial charge in [-0.2, -0.15) is 0 Å². The number of nitrogens with one attached hydrogen (secondary N) is 3. The van der Waals surface area contributed by atoms with E-state index in [-0.39, 0.29) is 18.4 Å². The van der Waals surface area contributed by atoms with Gasteiger partial charge in [0.2, 0.25) is 5.91 Å². The first-order chi connectivity index (χ1) is 16.7. The molecule has 0 aliphatic heterocycles. The molecule has 0 saturated carbocycles. The number of ether oxygens (including phenoxy) is 1. The summed E-state index contributed by atoms with van der Waals surface area (Å²) in [5.41, 5.74) is 2.84. The monoisotopic (exact) mass is 455 g/mol. The molecule has 4 aromatic rings. The molecule has 0 aliphatic carbocycles. The number of rotatable bonds is 10. The average Bonchev–Trinajstić information content (AvgIpc) is 3.40. The van der Waals surface area contributed by atoms with Gasteiger partial charge in [-0.25, -0.2) is 0 Å². The molecule has 172 valence electrons. The molecule has 7 heteroatoms. The van der Waals surface area contributed by atoms with Crippen molar-refractivity contribution in [2.24, 2.45) is 0 Å². The second-order valence-electron chi connectivity index (χ2n) is 7.55. The molecule has 1 aromatic heterocycles. The first-order valence-electron chi connectivity index (χ1n) is 10.9. The molecular formula is C27H25N3O4. The molecule has 0 fully saturated rings. The van der Waals surface area contributed by atoms with Crippen LogP contribution in [0, 0.1) is 0 Å². The van der Waals surface area contributed by atoms with Gasteiger partial charge < -0.3 is 25.1 Å². The number of carbonyl (C=O) groups is 2. The maximum atomic E-state index is 12.4. The fourth-order valence-corrected chi connectivity index (χ4v) is 3.25. The zero-order valence-corrected chi connectivity index (χ0v) is 18.5. The Balaban J connectivity index is 1.26. The van der Waals surface area contributed by atoms with Crippen LogP contribution in [0.4, 0.5) is 11.4 Å². The summed E-state index contributed by atoms with van der Waals surface area (Å²) in [4.78, 5) is 24.8. The van der Waals surface area contributed by atoms with Crippen LogP contribution in [0.25, 0.3) is 0 Å². The Bertz CT molecular complexity index is 1220. The van der Waals surface area contributed by atoms with Gasteiger partial charge in [0.05, 0.1) is 19.4 Å². The minimum atomic E-state index is -0.252. The molecule has 0 radical (unpaired) electrons.